The molecular weight excluding hydrogens is 422 g/mol. The Morgan fingerprint density at radius 2 is 1.88 bits per heavy atom. The van der Waals surface area contributed by atoms with Gasteiger partial charge in [0.15, 0.2) is 0 Å². The zero-order valence-corrected chi connectivity index (χ0v) is 18.9. The summed E-state index contributed by atoms with van der Waals surface area (Å²) in [6, 6.07) is 14.1. The van der Waals surface area contributed by atoms with Gasteiger partial charge in [-0.25, -0.2) is 0 Å². The van der Waals surface area contributed by atoms with Gasteiger partial charge in [0.25, 0.3) is 5.56 Å². The lowest BCUT2D eigenvalue weighted by molar-refractivity contribution is 0.214. The number of nitrogens with zero attached hydrogens (tertiary/aromatic N) is 4. The third-order valence-electron chi connectivity index (χ3n) is 6.59. The molecule has 1 aliphatic carbocycles. The van der Waals surface area contributed by atoms with Crippen LogP contribution in [0.1, 0.15) is 29.7 Å². The number of aromatic amines is 1. The number of aromatic nitrogens is 2. The standard InChI is InChI=1S/C25H25N5O.ClH/c1-17-23(28-25(31)22-3-2-10-27-24(17)22)19-6-9-21(15-19)30-13-11-29(12-14-30)20-7-4-18(16-26)5-8-20;/h2-5,7-8,10,15,21H,6,9,11-14H2,1H3,(H,28,31);1H/t21-;/m0./s1. The van der Waals surface area contributed by atoms with Crippen LogP contribution in [-0.4, -0.2) is 47.1 Å². The molecule has 1 atom stereocenters. The molecule has 1 aliphatic heterocycles. The van der Waals surface area contributed by atoms with Gasteiger partial charge in [-0.3, -0.25) is 14.7 Å². The SMILES string of the molecule is Cc1c(C2=C[C@@H](N3CCN(c4ccc(C#N)cc4)CC3)CC2)[nH]c(=O)c2cccnc12.Cl. The summed E-state index contributed by atoms with van der Waals surface area (Å²) in [5, 5.41) is 9.63. The van der Waals surface area contributed by atoms with Crippen molar-refractivity contribution in [2.75, 3.05) is 31.1 Å². The Labute approximate surface area is 193 Å². The molecule has 0 spiro atoms. The lowest BCUT2D eigenvalue weighted by Crippen LogP contribution is -2.49. The third kappa shape index (κ3) is 4.02. The van der Waals surface area contributed by atoms with Gasteiger partial charge in [-0.15, -0.1) is 12.4 Å². The van der Waals surface area contributed by atoms with E-state index in [1.807, 2.05) is 37.3 Å². The Morgan fingerprint density at radius 3 is 2.59 bits per heavy atom. The van der Waals surface area contributed by atoms with Crippen molar-refractivity contribution < 1.29 is 0 Å². The smallest absolute Gasteiger partial charge is 0.257 e. The maximum atomic E-state index is 12.5. The van der Waals surface area contributed by atoms with Gasteiger partial charge < -0.3 is 9.88 Å². The molecule has 0 radical (unpaired) electrons. The summed E-state index contributed by atoms with van der Waals surface area (Å²) in [5.41, 5.74) is 5.82. The van der Waals surface area contributed by atoms with E-state index in [1.165, 1.54) is 11.3 Å². The topological polar surface area (TPSA) is 76.0 Å². The fourth-order valence-corrected chi connectivity index (χ4v) is 4.86. The van der Waals surface area contributed by atoms with Crippen LogP contribution in [0.5, 0.6) is 0 Å². The number of allylic oxidation sites excluding steroid dienone is 1. The second kappa shape index (κ2) is 9.15. The van der Waals surface area contributed by atoms with Gasteiger partial charge in [-0.2, -0.15) is 5.26 Å². The van der Waals surface area contributed by atoms with Crippen molar-refractivity contribution in [2.24, 2.45) is 0 Å². The first-order chi connectivity index (χ1) is 15.1. The number of rotatable bonds is 3. The van der Waals surface area contributed by atoms with Crippen molar-refractivity contribution in [3.05, 3.63) is 75.8 Å². The minimum Gasteiger partial charge on any atom is -0.369 e. The number of anilines is 1. The van der Waals surface area contributed by atoms with E-state index in [1.54, 1.807) is 12.3 Å². The fourth-order valence-electron chi connectivity index (χ4n) is 4.86. The second-order valence-corrected chi connectivity index (χ2v) is 8.33. The lowest BCUT2D eigenvalue weighted by Gasteiger charge is -2.38. The number of piperazine rings is 1. The maximum Gasteiger partial charge on any atom is 0.257 e. The predicted molar refractivity (Wildman–Crippen MR) is 130 cm³/mol. The summed E-state index contributed by atoms with van der Waals surface area (Å²) >= 11 is 0. The molecule has 3 aromatic rings. The molecule has 1 N–H and O–H groups in total. The Morgan fingerprint density at radius 1 is 1.12 bits per heavy atom. The molecule has 0 saturated carbocycles. The Kier molecular flexibility index (Phi) is 6.31. The molecule has 0 bridgehead atoms. The number of nitriles is 1. The van der Waals surface area contributed by atoms with Crippen LogP contribution in [0.3, 0.4) is 0 Å². The van der Waals surface area contributed by atoms with Gasteiger partial charge in [0.05, 0.1) is 22.5 Å². The van der Waals surface area contributed by atoms with Gasteiger partial charge in [-0.1, -0.05) is 6.08 Å². The van der Waals surface area contributed by atoms with Crippen molar-refractivity contribution in [1.29, 1.82) is 5.26 Å². The third-order valence-corrected chi connectivity index (χ3v) is 6.59. The van der Waals surface area contributed by atoms with Crippen LogP contribution >= 0.6 is 12.4 Å². The molecule has 2 aliphatic rings. The van der Waals surface area contributed by atoms with E-state index >= 15 is 0 Å². The summed E-state index contributed by atoms with van der Waals surface area (Å²) in [5.74, 6) is 0. The Balaban J connectivity index is 0.00000245. The highest BCUT2D eigenvalue weighted by molar-refractivity contribution is 5.85. The number of aryl methyl sites for hydroxylation is 1. The van der Waals surface area contributed by atoms with Crippen LogP contribution in [0.25, 0.3) is 16.5 Å². The lowest BCUT2D eigenvalue weighted by atomic mass is 10.0. The predicted octanol–water partition coefficient (Wildman–Crippen LogP) is 3.89. The summed E-state index contributed by atoms with van der Waals surface area (Å²) in [4.78, 5) is 25.0. The minimum absolute atomic E-state index is 0. The highest BCUT2D eigenvalue weighted by Gasteiger charge is 2.27. The highest BCUT2D eigenvalue weighted by Crippen LogP contribution is 2.32. The van der Waals surface area contributed by atoms with Gasteiger partial charge in [-0.05, 0) is 67.3 Å². The first-order valence-electron chi connectivity index (χ1n) is 10.8. The number of halogens is 1. The van der Waals surface area contributed by atoms with Crippen molar-refractivity contribution in [2.45, 2.75) is 25.8 Å². The largest absolute Gasteiger partial charge is 0.369 e. The fraction of sp³-hybridized carbons (Fsp3) is 0.320. The second-order valence-electron chi connectivity index (χ2n) is 8.33. The first-order valence-corrected chi connectivity index (χ1v) is 10.8. The molecule has 0 amide bonds. The van der Waals surface area contributed by atoms with E-state index in [4.69, 9.17) is 5.26 Å². The van der Waals surface area contributed by atoms with Crippen LogP contribution in [-0.2, 0) is 0 Å². The normalized spacial score (nSPS) is 18.8. The molecule has 5 rings (SSSR count). The van der Waals surface area contributed by atoms with E-state index in [-0.39, 0.29) is 18.0 Å². The van der Waals surface area contributed by atoms with E-state index < -0.39 is 0 Å². The number of fused-ring (bicyclic) bond motifs is 1. The van der Waals surface area contributed by atoms with E-state index in [0.29, 0.717) is 17.0 Å². The molecule has 0 unspecified atom stereocenters. The van der Waals surface area contributed by atoms with Crippen LogP contribution in [0.2, 0.25) is 0 Å². The monoisotopic (exact) mass is 447 g/mol. The van der Waals surface area contributed by atoms with E-state index in [0.717, 1.165) is 55.8 Å². The van der Waals surface area contributed by atoms with Crippen molar-refractivity contribution in [3.63, 3.8) is 0 Å². The molecule has 6 nitrogen and oxygen atoms in total. The highest BCUT2D eigenvalue weighted by atomic mass is 35.5. The van der Waals surface area contributed by atoms with Crippen molar-refractivity contribution >= 4 is 34.6 Å². The zero-order valence-electron chi connectivity index (χ0n) is 18.0. The summed E-state index contributed by atoms with van der Waals surface area (Å²) in [7, 11) is 0. The zero-order chi connectivity index (χ0) is 21.4. The average Bonchev–Trinajstić information content (AvgIpc) is 3.32. The van der Waals surface area contributed by atoms with Gasteiger partial charge in [0, 0.05) is 49.8 Å². The van der Waals surface area contributed by atoms with E-state index in [9.17, 15) is 4.79 Å². The quantitative estimate of drug-likeness (QED) is 0.659. The average molecular weight is 448 g/mol. The number of benzene rings is 1. The minimum atomic E-state index is -0.0657. The molecule has 1 saturated heterocycles. The molecular formula is C25H26ClN5O. The van der Waals surface area contributed by atoms with Gasteiger partial charge in [0.1, 0.15) is 0 Å². The van der Waals surface area contributed by atoms with Crippen LogP contribution in [0.15, 0.2) is 53.5 Å². The molecule has 7 heteroatoms. The molecule has 164 valence electrons. The maximum absolute atomic E-state index is 12.5. The molecule has 1 fully saturated rings. The first kappa shape index (κ1) is 22.1. The number of H-pyrrole nitrogens is 1. The van der Waals surface area contributed by atoms with Crippen LogP contribution in [0.4, 0.5) is 5.69 Å². The Hall–Kier alpha value is -3.14. The number of pyridine rings is 2. The number of hydrogen-bond acceptors (Lipinski definition) is 5. The number of hydrogen-bond donors (Lipinski definition) is 1. The van der Waals surface area contributed by atoms with Crippen molar-refractivity contribution in [1.82, 2.24) is 14.9 Å². The molecule has 2 aromatic heterocycles. The summed E-state index contributed by atoms with van der Waals surface area (Å²) < 4.78 is 0. The number of nitrogens with one attached hydrogen (secondary N) is 1. The molecule has 32 heavy (non-hydrogen) atoms. The van der Waals surface area contributed by atoms with Gasteiger partial charge >= 0.3 is 0 Å². The van der Waals surface area contributed by atoms with Crippen molar-refractivity contribution in [3.8, 4) is 6.07 Å². The van der Waals surface area contributed by atoms with Gasteiger partial charge in [0.2, 0.25) is 0 Å². The summed E-state index contributed by atoms with van der Waals surface area (Å²) in [6.07, 6.45) is 6.13. The molecule has 1 aromatic carbocycles. The van der Waals surface area contributed by atoms with E-state index in [2.05, 4.69) is 31.9 Å². The van der Waals surface area contributed by atoms with Crippen LogP contribution in [0, 0.1) is 18.3 Å². The summed E-state index contributed by atoms with van der Waals surface area (Å²) in [6.45, 7) is 6.00. The molecule has 3 heterocycles. The van der Waals surface area contributed by atoms with Crippen LogP contribution < -0.4 is 10.5 Å². The Bertz CT molecular complexity index is 1250.